The summed E-state index contributed by atoms with van der Waals surface area (Å²) in [5, 5.41) is 39.3. The molecule has 0 bridgehead atoms. The average Bonchev–Trinajstić information content (AvgIpc) is 3.78. The Morgan fingerprint density at radius 1 is 1.10 bits per heavy atom. The van der Waals surface area contributed by atoms with Crippen LogP contribution in [0.25, 0.3) is 17.1 Å². The van der Waals surface area contributed by atoms with Crippen LogP contribution in [0.4, 0.5) is 16.3 Å². The number of ether oxygens (including phenoxy) is 1. The Morgan fingerprint density at radius 3 is 2.57 bits per heavy atom. The van der Waals surface area contributed by atoms with Gasteiger partial charge in [-0.05, 0) is 18.4 Å². The number of amides is 1. The Balaban J connectivity index is 1.31. The van der Waals surface area contributed by atoms with Crippen molar-refractivity contribution in [3.05, 3.63) is 54.6 Å². The van der Waals surface area contributed by atoms with Crippen molar-refractivity contribution in [3.63, 3.8) is 0 Å². The highest BCUT2D eigenvalue weighted by molar-refractivity contribution is 8.05. The zero-order valence-electron chi connectivity index (χ0n) is 22.3. The second-order valence-electron chi connectivity index (χ2n) is 10.4. The molecule has 1 aromatic carbocycles. The number of imidazole rings is 1. The van der Waals surface area contributed by atoms with Crippen LogP contribution in [0.2, 0.25) is 0 Å². The zero-order chi connectivity index (χ0) is 29.4. The second kappa shape index (κ2) is 11.4. The molecule has 1 aliphatic carbocycles. The average molecular weight is 599 g/mol. The molecule has 4 aromatic rings. The summed E-state index contributed by atoms with van der Waals surface area (Å²) >= 11 is 0. The Labute approximate surface area is 240 Å². The van der Waals surface area contributed by atoms with Crippen LogP contribution in [-0.2, 0) is 20.3 Å². The number of carbonyl (C=O) groups excluding carboxylic acids is 1. The number of benzene rings is 1. The molecule has 222 valence electrons. The van der Waals surface area contributed by atoms with E-state index in [-0.39, 0.29) is 23.3 Å². The molecule has 1 aliphatic heterocycles. The van der Waals surface area contributed by atoms with Crippen molar-refractivity contribution in [1.29, 1.82) is 0 Å². The van der Waals surface area contributed by atoms with E-state index in [1.165, 1.54) is 28.0 Å². The van der Waals surface area contributed by atoms with Crippen molar-refractivity contribution in [2.45, 2.75) is 62.0 Å². The summed E-state index contributed by atoms with van der Waals surface area (Å²) in [4.78, 5) is 26.2. The first-order valence-electron chi connectivity index (χ1n) is 13.5. The fourth-order valence-electron chi connectivity index (χ4n) is 5.22. The highest BCUT2D eigenvalue weighted by Gasteiger charge is 2.44. The van der Waals surface area contributed by atoms with E-state index < -0.39 is 52.0 Å². The normalized spacial score (nSPS) is 23.0. The summed E-state index contributed by atoms with van der Waals surface area (Å²) in [7, 11) is -4.16. The van der Waals surface area contributed by atoms with E-state index in [9.17, 15) is 28.5 Å². The molecule has 15 nitrogen and oxygen atoms in total. The molecule has 1 amide bonds. The summed E-state index contributed by atoms with van der Waals surface area (Å²) < 4.78 is 33.7. The number of sulfone groups is 1. The van der Waals surface area contributed by atoms with Crippen LogP contribution in [0, 0.1) is 0 Å². The summed E-state index contributed by atoms with van der Waals surface area (Å²) in [5.74, 6) is 0.0392. The van der Waals surface area contributed by atoms with Gasteiger partial charge in [0.1, 0.15) is 18.3 Å². The Bertz CT molecular complexity index is 1690. The lowest BCUT2D eigenvalue weighted by Crippen LogP contribution is -2.33. The number of hydrogen-bond donors (Lipinski definition) is 5. The van der Waals surface area contributed by atoms with Gasteiger partial charge in [-0.3, -0.25) is 9.36 Å². The molecule has 1 saturated carbocycles. The molecular weight excluding hydrogens is 568 g/mol. The molecule has 2 aliphatic rings. The van der Waals surface area contributed by atoms with Crippen molar-refractivity contribution in [2.75, 3.05) is 17.2 Å². The van der Waals surface area contributed by atoms with Crippen molar-refractivity contribution in [1.82, 2.24) is 29.3 Å². The molecule has 4 unspecified atom stereocenters. The third-order valence-electron chi connectivity index (χ3n) is 7.41. The summed E-state index contributed by atoms with van der Waals surface area (Å²) in [6, 6.07) is 8.55. The minimum atomic E-state index is -4.16. The number of carbonyl (C=O) groups is 1. The van der Waals surface area contributed by atoms with Crippen LogP contribution in [-0.4, -0.2) is 89.2 Å². The third-order valence-corrected chi connectivity index (χ3v) is 8.79. The summed E-state index contributed by atoms with van der Waals surface area (Å²) in [5.41, 5.74) is 1.26. The zero-order valence-corrected chi connectivity index (χ0v) is 23.1. The monoisotopic (exact) mass is 598 g/mol. The van der Waals surface area contributed by atoms with Crippen LogP contribution >= 0.6 is 0 Å². The number of aliphatic hydroxyl groups excluding tert-OH is 3. The number of nitrogens with zero attached hydrogens (tertiary/aromatic N) is 6. The largest absolute Gasteiger partial charge is 0.394 e. The standard InChI is InChI=1S/C26H30N8O7S/c35-12-18-20(36)21(37)24(41-18)33-14-27-19-22(29-16-8-4-5-9-16)31-25(32-23(19)33)34-11-17(10-28-34)30-26(38)42(39,40)13-15-6-2-1-3-7-15/h1-3,6-7,10-11,14,16,18,20-21,24,35-37H,4-5,8-9,12-13H2,(H,30,38)(H,29,31,32). The fraction of sp³-hybridized carbons (Fsp3) is 0.423. The van der Waals surface area contributed by atoms with Gasteiger partial charge in [0, 0.05) is 6.04 Å². The van der Waals surface area contributed by atoms with Crippen LogP contribution < -0.4 is 10.6 Å². The van der Waals surface area contributed by atoms with Gasteiger partial charge in [0.25, 0.3) is 5.95 Å². The molecule has 1 saturated heterocycles. The predicted molar refractivity (Wildman–Crippen MR) is 149 cm³/mol. The highest BCUT2D eigenvalue weighted by atomic mass is 32.2. The number of aromatic nitrogens is 6. The van der Waals surface area contributed by atoms with Crippen LogP contribution in [0.1, 0.15) is 37.5 Å². The van der Waals surface area contributed by atoms with Gasteiger partial charge in [-0.2, -0.15) is 15.1 Å². The Morgan fingerprint density at radius 2 is 1.86 bits per heavy atom. The predicted octanol–water partition coefficient (Wildman–Crippen LogP) is 1.12. The van der Waals surface area contributed by atoms with E-state index in [2.05, 4.69) is 30.7 Å². The van der Waals surface area contributed by atoms with E-state index in [1.54, 1.807) is 30.3 Å². The third kappa shape index (κ3) is 5.46. The number of aliphatic hydroxyl groups is 3. The van der Waals surface area contributed by atoms with Gasteiger partial charge >= 0.3 is 5.24 Å². The van der Waals surface area contributed by atoms with Crippen molar-refractivity contribution < 1.29 is 33.3 Å². The van der Waals surface area contributed by atoms with Gasteiger partial charge in [0.15, 0.2) is 23.2 Å². The molecule has 0 radical (unpaired) electrons. The number of rotatable bonds is 8. The van der Waals surface area contributed by atoms with Gasteiger partial charge in [-0.15, -0.1) is 0 Å². The molecule has 3 aromatic heterocycles. The lowest BCUT2D eigenvalue weighted by Gasteiger charge is -2.18. The van der Waals surface area contributed by atoms with Crippen LogP contribution in [0.15, 0.2) is 49.1 Å². The van der Waals surface area contributed by atoms with E-state index in [0.717, 1.165) is 25.7 Å². The number of fused-ring (bicyclic) bond motifs is 1. The quantitative estimate of drug-likeness (QED) is 0.193. The molecule has 6 rings (SSSR count). The SMILES string of the molecule is O=C(Nc1cnn(-c2nc(NC3CCCC3)c3ncn(C4OC(CO)C(O)C4O)c3n2)c1)S(=O)(=O)Cc1ccccc1. The molecule has 0 spiro atoms. The molecule has 4 atom stereocenters. The smallest absolute Gasteiger partial charge is 0.341 e. The Hall–Kier alpha value is -3.96. The molecule has 16 heteroatoms. The first-order valence-corrected chi connectivity index (χ1v) is 15.1. The van der Waals surface area contributed by atoms with Crippen molar-refractivity contribution in [2.24, 2.45) is 0 Å². The highest BCUT2D eigenvalue weighted by Crippen LogP contribution is 2.33. The van der Waals surface area contributed by atoms with Crippen molar-refractivity contribution in [3.8, 4) is 5.95 Å². The topological polar surface area (TPSA) is 207 Å². The maximum Gasteiger partial charge on any atom is 0.341 e. The minimum absolute atomic E-state index is 0.0733. The fourth-order valence-corrected chi connectivity index (χ4v) is 6.25. The molecule has 5 N–H and O–H groups in total. The summed E-state index contributed by atoms with van der Waals surface area (Å²) in [6.07, 6.45) is 3.38. The second-order valence-corrected chi connectivity index (χ2v) is 12.3. The maximum atomic E-state index is 12.6. The maximum absolute atomic E-state index is 12.6. The molecule has 2 fully saturated rings. The lowest BCUT2D eigenvalue weighted by molar-refractivity contribution is -0.0511. The molecule has 42 heavy (non-hydrogen) atoms. The molecule has 4 heterocycles. The van der Waals surface area contributed by atoms with Crippen molar-refractivity contribution >= 4 is 37.7 Å². The first-order chi connectivity index (χ1) is 20.2. The van der Waals surface area contributed by atoms with Gasteiger partial charge in [-0.25, -0.2) is 18.1 Å². The van der Waals surface area contributed by atoms with Gasteiger partial charge < -0.3 is 30.7 Å². The Kier molecular flexibility index (Phi) is 7.63. The minimum Gasteiger partial charge on any atom is -0.394 e. The van der Waals surface area contributed by atoms with Crippen LogP contribution in [0.5, 0.6) is 0 Å². The van der Waals surface area contributed by atoms with Gasteiger partial charge in [0.2, 0.25) is 9.84 Å². The summed E-state index contributed by atoms with van der Waals surface area (Å²) in [6.45, 7) is -0.487. The van der Waals surface area contributed by atoms with Crippen LogP contribution in [0.3, 0.4) is 0 Å². The van der Waals surface area contributed by atoms with E-state index in [0.29, 0.717) is 16.9 Å². The first kappa shape index (κ1) is 28.2. The number of anilines is 2. The lowest BCUT2D eigenvalue weighted by atomic mass is 10.1. The van der Waals surface area contributed by atoms with Gasteiger partial charge in [0.05, 0.1) is 36.8 Å². The molecular formula is C26H30N8O7S. The van der Waals surface area contributed by atoms with E-state index in [4.69, 9.17) is 4.74 Å². The number of hydrogen-bond acceptors (Lipinski definition) is 12. The van der Waals surface area contributed by atoms with E-state index >= 15 is 0 Å². The number of nitrogens with one attached hydrogen (secondary N) is 2. The van der Waals surface area contributed by atoms with Gasteiger partial charge in [-0.1, -0.05) is 43.2 Å². The van der Waals surface area contributed by atoms with E-state index in [1.807, 2.05) is 0 Å².